The molecule has 4 nitrogen and oxygen atoms in total. The largest absolute Gasteiger partial charge is 0.391 e. The Morgan fingerprint density at radius 2 is 2.47 bits per heavy atom. The van der Waals surface area contributed by atoms with Crippen molar-refractivity contribution in [1.29, 1.82) is 0 Å². The number of hydrogen-bond acceptors (Lipinski definition) is 3. The lowest BCUT2D eigenvalue weighted by Crippen LogP contribution is -2.33. The number of carbonyl (C=O) groups excluding carboxylic acids is 1. The third-order valence-corrected chi connectivity index (χ3v) is 3.34. The van der Waals surface area contributed by atoms with Crippen molar-refractivity contribution in [2.24, 2.45) is 0 Å². The molecule has 0 aliphatic carbocycles. The number of amides is 2. The first-order valence-electron chi connectivity index (χ1n) is 4.95. The molecule has 0 spiro atoms. The molecular weight excluding hydrogens is 212 g/mol. The molecule has 0 aromatic carbocycles. The van der Waals surface area contributed by atoms with Gasteiger partial charge in [-0.25, -0.2) is 4.79 Å². The maximum Gasteiger partial charge on any atom is 0.322 e. The number of carbonyl (C=O) groups is 1. The minimum absolute atomic E-state index is 0.117. The van der Waals surface area contributed by atoms with E-state index < -0.39 is 0 Å². The summed E-state index contributed by atoms with van der Waals surface area (Å²) < 4.78 is 0. The number of urea groups is 1. The Balaban J connectivity index is 1.92. The normalized spacial score (nSPS) is 20.7. The predicted octanol–water partition coefficient (Wildman–Crippen LogP) is 1.66. The van der Waals surface area contributed by atoms with E-state index in [-0.39, 0.29) is 12.1 Å². The zero-order chi connectivity index (χ0) is 10.8. The first-order chi connectivity index (χ1) is 7.15. The molecule has 1 saturated heterocycles. The second kappa shape index (κ2) is 4.20. The number of thiophene rings is 1. The van der Waals surface area contributed by atoms with Crippen LogP contribution in [0.5, 0.6) is 0 Å². The van der Waals surface area contributed by atoms with Crippen molar-refractivity contribution in [2.45, 2.75) is 19.4 Å². The second-order valence-corrected chi connectivity index (χ2v) is 5.02. The highest BCUT2D eigenvalue weighted by atomic mass is 32.1. The van der Waals surface area contributed by atoms with Crippen molar-refractivity contribution in [3.05, 3.63) is 17.0 Å². The first-order valence-corrected chi connectivity index (χ1v) is 5.77. The fraction of sp³-hybridized carbons (Fsp3) is 0.500. The smallest absolute Gasteiger partial charge is 0.322 e. The van der Waals surface area contributed by atoms with E-state index in [1.165, 1.54) is 4.88 Å². The quantitative estimate of drug-likeness (QED) is 0.765. The summed E-state index contributed by atoms with van der Waals surface area (Å²) in [4.78, 5) is 14.5. The number of aryl methyl sites for hydroxylation is 1. The fourth-order valence-corrected chi connectivity index (χ4v) is 2.37. The number of hydrogen-bond donors (Lipinski definition) is 2. The molecule has 2 N–H and O–H groups in total. The summed E-state index contributed by atoms with van der Waals surface area (Å²) in [6.07, 6.45) is 0.317. The van der Waals surface area contributed by atoms with E-state index in [0.29, 0.717) is 19.5 Å². The number of likely N-dealkylation sites (tertiary alicyclic amines) is 1. The van der Waals surface area contributed by atoms with Gasteiger partial charge in [-0.3, -0.25) is 5.32 Å². The number of β-amino-alcohol motifs (C(OH)–C–C–N with tert-alkyl or cyclic N) is 1. The summed E-state index contributed by atoms with van der Waals surface area (Å²) in [7, 11) is 0. The Morgan fingerprint density at radius 3 is 3.00 bits per heavy atom. The molecule has 1 fully saturated rings. The van der Waals surface area contributed by atoms with Crippen molar-refractivity contribution in [1.82, 2.24) is 4.90 Å². The summed E-state index contributed by atoms with van der Waals surface area (Å²) in [6.45, 7) is 3.08. The number of aliphatic hydroxyl groups excluding tert-OH is 1. The number of anilines is 1. The van der Waals surface area contributed by atoms with Crippen molar-refractivity contribution in [3.8, 4) is 0 Å². The fourth-order valence-electron chi connectivity index (χ4n) is 1.61. The molecule has 1 aromatic rings. The highest BCUT2D eigenvalue weighted by molar-refractivity contribution is 7.16. The molecule has 15 heavy (non-hydrogen) atoms. The van der Waals surface area contributed by atoms with Crippen molar-refractivity contribution in [3.63, 3.8) is 0 Å². The van der Waals surface area contributed by atoms with Gasteiger partial charge in [-0.05, 0) is 25.5 Å². The van der Waals surface area contributed by atoms with Crippen LogP contribution in [0.4, 0.5) is 9.80 Å². The van der Waals surface area contributed by atoms with Gasteiger partial charge in [0.15, 0.2) is 0 Å². The number of aliphatic hydroxyl groups is 1. The van der Waals surface area contributed by atoms with Crippen LogP contribution in [0.3, 0.4) is 0 Å². The monoisotopic (exact) mass is 226 g/mol. The topological polar surface area (TPSA) is 52.6 Å². The van der Waals surface area contributed by atoms with Gasteiger partial charge >= 0.3 is 6.03 Å². The van der Waals surface area contributed by atoms with Crippen LogP contribution in [0.15, 0.2) is 12.1 Å². The Kier molecular flexibility index (Phi) is 2.93. The Bertz CT molecular complexity index is 364. The minimum Gasteiger partial charge on any atom is -0.391 e. The van der Waals surface area contributed by atoms with Gasteiger partial charge in [0.1, 0.15) is 0 Å². The Morgan fingerprint density at radius 1 is 1.67 bits per heavy atom. The van der Waals surface area contributed by atoms with Gasteiger partial charge in [-0.1, -0.05) is 0 Å². The van der Waals surface area contributed by atoms with E-state index >= 15 is 0 Å². The molecule has 1 aromatic heterocycles. The van der Waals surface area contributed by atoms with Crippen molar-refractivity contribution in [2.75, 3.05) is 18.4 Å². The van der Waals surface area contributed by atoms with E-state index in [4.69, 9.17) is 0 Å². The molecule has 2 amide bonds. The standard InChI is InChI=1S/C10H14N2O2S/c1-7-2-3-9(15-7)11-10(14)12-5-4-8(13)6-12/h2-3,8,13H,4-6H2,1H3,(H,11,14)/t8-/m1/s1. The molecule has 2 rings (SSSR count). The summed E-state index contributed by atoms with van der Waals surface area (Å²) in [6, 6.07) is 3.75. The van der Waals surface area contributed by atoms with E-state index in [2.05, 4.69) is 5.32 Å². The SMILES string of the molecule is Cc1ccc(NC(=O)N2CC[C@@H](O)C2)s1. The zero-order valence-corrected chi connectivity index (χ0v) is 9.38. The van der Waals surface area contributed by atoms with Gasteiger partial charge in [0.25, 0.3) is 0 Å². The van der Waals surface area contributed by atoms with Crippen LogP contribution in [0, 0.1) is 6.92 Å². The van der Waals surface area contributed by atoms with Gasteiger partial charge in [-0.15, -0.1) is 11.3 Å². The molecule has 0 radical (unpaired) electrons. The van der Waals surface area contributed by atoms with Gasteiger partial charge < -0.3 is 10.0 Å². The summed E-state index contributed by atoms with van der Waals surface area (Å²) in [5, 5.41) is 13.0. The second-order valence-electron chi connectivity index (χ2n) is 3.73. The number of nitrogens with one attached hydrogen (secondary N) is 1. The minimum atomic E-state index is -0.360. The lowest BCUT2D eigenvalue weighted by Gasteiger charge is -2.15. The summed E-state index contributed by atoms with van der Waals surface area (Å²) in [5.41, 5.74) is 0. The lowest BCUT2D eigenvalue weighted by atomic mass is 10.3. The molecule has 1 aliphatic rings. The van der Waals surface area contributed by atoms with E-state index in [9.17, 15) is 9.90 Å². The van der Waals surface area contributed by atoms with Gasteiger partial charge in [0, 0.05) is 18.0 Å². The van der Waals surface area contributed by atoms with Gasteiger partial charge in [-0.2, -0.15) is 0 Å². The molecular formula is C10H14N2O2S. The third-order valence-electron chi connectivity index (χ3n) is 2.42. The van der Waals surface area contributed by atoms with Crippen molar-refractivity contribution < 1.29 is 9.90 Å². The third kappa shape index (κ3) is 2.49. The van der Waals surface area contributed by atoms with Crippen LogP contribution in [0.1, 0.15) is 11.3 Å². The first kappa shape index (κ1) is 10.4. The van der Waals surface area contributed by atoms with Crippen LogP contribution >= 0.6 is 11.3 Å². The average molecular weight is 226 g/mol. The van der Waals surface area contributed by atoms with Crippen LogP contribution in [0.25, 0.3) is 0 Å². The van der Waals surface area contributed by atoms with E-state index in [1.807, 2.05) is 19.1 Å². The van der Waals surface area contributed by atoms with Crippen molar-refractivity contribution >= 4 is 22.4 Å². The van der Waals surface area contributed by atoms with Crippen LogP contribution < -0.4 is 5.32 Å². The zero-order valence-electron chi connectivity index (χ0n) is 8.56. The van der Waals surface area contributed by atoms with Gasteiger partial charge in [0.2, 0.25) is 0 Å². The molecule has 1 atom stereocenters. The van der Waals surface area contributed by atoms with Crippen LogP contribution in [-0.4, -0.2) is 35.2 Å². The Labute approximate surface area is 92.5 Å². The van der Waals surface area contributed by atoms with E-state index in [0.717, 1.165) is 5.00 Å². The molecule has 1 aliphatic heterocycles. The molecule has 5 heteroatoms. The van der Waals surface area contributed by atoms with Crippen LogP contribution in [-0.2, 0) is 0 Å². The Hall–Kier alpha value is -1.07. The summed E-state index contributed by atoms with van der Waals surface area (Å²) >= 11 is 1.55. The molecule has 2 heterocycles. The average Bonchev–Trinajstić information content (AvgIpc) is 2.75. The van der Waals surface area contributed by atoms with Crippen LogP contribution in [0.2, 0.25) is 0 Å². The molecule has 0 bridgehead atoms. The molecule has 0 unspecified atom stereocenters. The molecule has 0 saturated carbocycles. The maximum absolute atomic E-state index is 11.7. The number of nitrogens with zero attached hydrogens (tertiary/aromatic N) is 1. The van der Waals surface area contributed by atoms with E-state index in [1.54, 1.807) is 16.2 Å². The highest BCUT2D eigenvalue weighted by Crippen LogP contribution is 2.21. The highest BCUT2D eigenvalue weighted by Gasteiger charge is 2.24. The number of rotatable bonds is 1. The lowest BCUT2D eigenvalue weighted by molar-refractivity contribution is 0.176. The predicted molar refractivity (Wildman–Crippen MR) is 60.3 cm³/mol. The molecule has 82 valence electrons. The maximum atomic E-state index is 11.7. The summed E-state index contributed by atoms with van der Waals surface area (Å²) in [5.74, 6) is 0. The van der Waals surface area contributed by atoms with Gasteiger partial charge in [0.05, 0.1) is 11.1 Å².